The topological polar surface area (TPSA) is 17.1 Å². The molecule has 0 N–H and O–H groups in total. The van der Waals surface area contributed by atoms with Crippen molar-refractivity contribution in [2.24, 2.45) is 11.3 Å². The smallest absolute Gasteiger partial charge is 0.123 e. The second-order valence-corrected chi connectivity index (χ2v) is 4.56. The number of hydrogen-bond acceptors (Lipinski definition) is 1. The van der Waals surface area contributed by atoms with Gasteiger partial charge in [-0.05, 0) is 31.1 Å². The Balaban J connectivity index is 2.10. The van der Waals surface area contributed by atoms with Crippen molar-refractivity contribution in [1.82, 2.24) is 0 Å². The van der Waals surface area contributed by atoms with Gasteiger partial charge in [0.25, 0.3) is 0 Å². The van der Waals surface area contributed by atoms with E-state index in [1.54, 1.807) is 0 Å². The first-order valence-electron chi connectivity index (χ1n) is 5.33. The minimum Gasteiger partial charge on any atom is -0.303 e. The molecular formula is C11H18O. The molecule has 1 spiro atoms. The van der Waals surface area contributed by atoms with Crippen molar-refractivity contribution in [1.29, 1.82) is 0 Å². The summed E-state index contributed by atoms with van der Waals surface area (Å²) >= 11 is 0. The second-order valence-electron chi connectivity index (χ2n) is 4.56. The fourth-order valence-corrected chi connectivity index (χ4v) is 3.25. The van der Waals surface area contributed by atoms with Crippen LogP contribution in [0, 0.1) is 11.3 Å². The van der Waals surface area contributed by atoms with E-state index in [9.17, 15) is 4.79 Å². The molecule has 2 rings (SSSR count). The van der Waals surface area contributed by atoms with Gasteiger partial charge in [-0.15, -0.1) is 0 Å². The van der Waals surface area contributed by atoms with Crippen molar-refractivity contribution in [3.8, 4) is 0 Å². The summed E-state index contributed by atoms with van der Waals surface area (Å²) in [5.41, 5.74) is 0.472. The van der Waals surface area contributed by atoms with Gasteiger partial charge in [0.05, 0.1) is 0 Å². The third kappa shape index (κ3) is 1.19. The van der Waals surface area contributed by atoms with Gasteiger partial charge in [-0.3, -0.25) is 0 Å². The van der Waals surface area contributed by atoms with Crippen LogP contribution in [-0.2, 0) is 4.79 Å². The molecule has 2 aliphatic rings. The fourth-order valence-electron chi connectivity index (χ4n) is 3.25. The minimum atomic E-state index is 0.415. The predicted molar refractivity (Wildman–Crippen MR) is 48.9 cm³/mol. The molecule has 68 valence electrons. The van der Waals surface area contributed by atoms with Crippen LogP contribution in [-0.4, -0.2) is 6.29 Å². The maximum absolute atomic E-state index is 10.9. The zero-order valence-corrected chi connectivity index (χ0v) is 7.72. The van der Waals surface area contributed by atoms with Gasteiger partial charge in [-0.25, -0.2) is 0 Å². The molecule has 1 heteroatoms. The molecule has 0 radical (unpaired) electrons. The molecule has 0 bridgehead atoms. The Morgan fingerprint density at radius 3 is 2.33 bits per heavy atom. The fraction of sp³-hybridized carbons (Fsp3) is 0.909. The van der Waals surface area contributed by atoms with Crippen molar-refractivity contribution in [3.63, 3.8) is 0 Å². The van der Waals surface area contributed by atoms with E-state index in [0.717, 1.165) is 0 Å². The Bertz CT molecular complexity index is 168. The van der Waals surface area contributed by atoms with Gasteiger partial charge in [0.2, 0.25) is 0 Å². The molecule has 2 saturated carbocycles. The van der Waals surface area contributed by atoms with E-state index >= 15 is 0 Å². The Labute approximate surface area is 74.5 Å². The van der Waals surface area contributed by atoms with Crippen LogP contribution in [0.3, 0.4) is 0 Å². The summed E-state index contributed by atoms with van der Waals surface area (Å²) in [5, 5.41) is 0. The summed E-state index contributed by atoms with van der Waals surface area (Å²) in [6.45, 7) is 0. The zero-order valence-electron chi connectivity index (χ0n) is 7.72. The molecule has 1 unspecified atom stereocenters. The third-order valence-electron chi connectivity index (χ3n) is 3.99. The van der Waals surface area contributed by atoms with E-state index in [0.29, 0.717) is 11.3 Å². The number of aldehydes is 1. The van der Waals surface area contributed by atoms with Gasteiger partial charge in [0.15, 0.2) is 0 Å². The molecule has 0 saturated heterocycles. The standard InChI is InChI=1S/C11H18O/c12-9-10-5-4-8-11(10)6-2-1-3-7-11/h9-10H,1-8H2. The Morgan fingerprint density at radius 1 is 1.00 bits per heavy atom. The van der Waals surface area contributed by atoms with Crippen LogP contribution in [0.4, 0.5) is 0 Å². The minimum absolute atomic E-state index is 0.415. The van der Waals surface area contributed by atoms with E-state index < -0.39 is 0 Å². The molecule has 2 fully saturated rings. The molecule has 0 amide bonds. The number of rotatable bonds is 1. The van der Waals surface area contributed by atoms with Gasteiger partial charge in [-0.2, -0.15) is 0 Å². The first kappa shape index (κ1) is 8.28. The lowest BCUT2D eigenvalue weighted by molar-refractivity contribution is -0.114. The maximum atomic E-state index is 10.9. The molecule has 0 aromatic carbocycles. The largest absolute Gasteiger partial charge is 0.303 e. The van der Waals surface area contributed by atoms with Crippen LogP contribution in [0.5, 0.6) is 0 Å². The summed E-state index contributed by atoms with van der Waals surface area (Å²) in [6, 6.07) is 0. The summed E-state index contributed by atoms with van der Waals surface area (Å²) < 4.78 is 0. The van der Waals surface area contributed by atoms with Crippen LogP contribution < -0.4 is 0 Å². The van der Waals surface area contributed by atoms with Gasteiger partial charge < -0.3 is 4.79 Å². The van der Waals surface area contributed by atoms with Crippen molar-refractivity contribution in [2.45, 2.75) is 51.4 Å². The maximum Gasteiger partial charge on any atom is 0.123 e. The molecule has 2 aliphatic carbocycles. The van der Waals surface area contributed by atoms with Crippen LogP contribution in [0.1, 0.15) is 51.4 Å². The Kier molecular flexibility index (Phi) is 2.20. The monoisotopic (exact) mass is 166 g/mol. The summed E-state index contributed by atoms with van der Waals surface area (Å²) in [5.74, 6) is 0.415. The highest BCUT2D eigenvalue weighted by atomic mass is 16.1. The third-order valence-corrected chi connectivity index (χ3v) is 3.99. The molecular weight excluding hydrogens is 148 g/mol. The number of carbonyl (C=O) groups excluding carboxylic acids is 1. The van der Waals surface area contributed by atoms with Gasteiger partial charge in [0.1, 0.15) is 6.29 Å². The average molecular weight is 166 g/mol. The van der Waals surface area contributed by atoms with E-state index in [1.807, 2.05) is 0 Å². The second kappa shape index (κ2) is 3.20. The highest BCUT2D eigenvalue weighted by Gasteiger charge is 2.42. The van der Waals surface area contributed by atoms with Crippen molar-refractivity contribution >= 4 is 6.29 Å². The van der Waals surface area contributed by atoms with E-state index in [1.165, 1.54) is 57.7 Å². The summed E-state index contributed by atoms with van der Waals surface area (Å²) in [4.78, 5) is 10.9. The SMILES string of the molecule is O=CC1CCCC12CCCCC2. The van der Waals surface area contributed by atoms with Gasteiger partial charge >= 0.3 is 0 Å². The van der Waals surface area contributed by atoms with E-state index in [4.69, 9.17) is 0 Å². The lowest BCUT2D eigenvalue weighted by Gasteiger charge is -2.36. The Morgan fingerprint density at radius 2 is 1.67 bits per heavy atom. The van der Waals surface area contributed by atoms with Crippen molar-refractivity contribution < 1.29 is 4.79 Å². The average Bonchev–Trinajstić information content (AvgIpc) is 2.49. The highest BCUT2D eigenvalue weighted by molar-refractivity contribution is 5.55. The van der Waals surface area contributed by atoms with Crippen LogP contribution in [0.2, 0.25) is 0 Å². The van der Waals surface area contributed by atoms with Crippen molar-refractivity contribution in [3.05, 3.63) is 0 Å². The summed E-state index contributed by atoms with van der Waals surface area (Å²) in [6.07, 6.45) is 11.8. The van der Waals surface area contributed by atoms with E-state index in [2.05, 4.69) is 0 Å². The molecule has 0 aromatic heterocycles. The number of hydrogen-bond donors (Lipinski definition) is 0. The molecule has 1 nitrogen and oxygen atoms in total. The normalized spacial score (nSPS) is 33.8. The van der Waals surface area contributed by atoms with Crippen LogP contribution in [0.15, 0.2) is 0 Å². The molecule has 12 heavy (non-hydrogen) atoms. The van der Waals surface area contributed by atoms with Gasteiger partial charge in [-0.1, -0.05) is 25.7 Å². The lowest BCUT2D eigenvalue weighted by atomic mass is 9.68. The molecule has 1 atom stereocenters. The first-order chi connectivity index (χ1) is 5.87. The highest BCUT2D eigenvalue weighted by Crippen LogP contribution is 2.51. The zero-order chi connectivity index (χ0) is 8.44. The Hall–Kier alpha value is -0.330. The quantitative estimate of drug-likeness (QED) is 0.547. The van der Waals surface area contributed by atoms with Crippen LogP contribution in [0.25, 0.3) is 0 Å². The molecule has 0 aromatic rings. The number of carbonyl (C=O) groups is 1. The first-order valence-corrected chi connectivity index (χ1v) is 5.33. The van der Waals surface area contributed by atoms with Crippen molar-refractivity contribution in [2.75, 3.05) is 0 Å². The van der Waals surface area contributed by atoms with E-state index in [-0.39, 0.29) is 0 Å². The summed E-state index contributed by atoms with van der Waals surface area (Å²) in [7, 11) is 0. The molecule has 0 heterocycles. The van der Waals surface area contributed by atoms with Crippen LogP contribution >= 0.6 is 0 Å². The van der Waals surface area contributed by atoms with Gasteiger partial charge in [0, 0.05) is 5.92 Å². The predicted octanol–water partition coefficient (Wildman–Crippen LogP) is 2.94. The molecule has 0 aliphatic heterocycles. The lowest BCUT2D eigenvalue weighted by Crippen LogP contribution is -2.29.